The minimum absolute atomic E-state index is 0.154. The summed E-state index contributed by atoms with van der Waals surface area (Å²) in [5.74, 6) is -1.14. The highest BCUT2D eigenvalue weighted by atomic mass is 16.4. The van der Waals surface area contributed by atoms with Gasteiger partial charge in [-0.25, -0.2) is 0 Å². The molecule has 0 aliphatic carbocycles. The fourth-order valence-corrected chi connectivity index (χ4v) is 2.04. The molecule has 0 saturated heterocycles. The second-order valence-corrected chi connectivity index (χ2v) is 4.97. The summed E-state index contributed by atoms with van der Waals surface area (Å²) in [6.07, 6.45) is -0.269. The number of rotatable bonds is 4. The van der Waals surface area contributed by atoms with Crippen molar-refractivity contribution in [3.8, 4) is 0 Å². The lowest BCUT2D eigenvalue weighted by Crippen LogP contribution is -2.35. The van der Waals surface area contributed by atoms with Crippen molar-refractivity contribution in [2.75, 3.05) is 0 Å². The zero-order valence-corrected chi connectivity index (χ0v) is 10.8. The van der Waals surface area contributed by atoms with Crippen LogP contribution in [0, 0.1) is 19.8 Å². The minimum Gasteiger partial charge on any atom is -0.481 e. The quantitative estimate of drug-likeness (QED) is 0.845. The molecule has 17 heavy (non-hydrogen) atoms. The van der Waals surface area contributed by atoms with Crippen LogP contribution in [0.25, 0.3) is 0 Å². The van der Waals surface area contributed by atoms with Gasteiger partial charge in [0.2, 0.25) is 0 Å². The summed E-state index contributed by atoms with van der Waals surface area (Å²) in [5, 5.41) is 19.6. The molecule has 1 aromatic carbocycles. The second-order valence-electron chi connectivity index (χ2n) is 4.97. The zero-order valence-electron chi connectivity index (χ0n) is 10.8. The van der Waals surface area contributed by atoms with E-state index in [-0.39, 0.29) is 12.3 Å². The van der Waals surface area contributed by atoms with Crippen molar-refractivity contribution >= 4 is 5.97 Å². The molecule has 0 aliphatic heterocycles. The van der Waals surface area contributed by atoms with E-state index in [1.165, 1.54) is 0 Å². The first-order valence-electron chi connectivity index (χ1n) is 5.79. The number of carbonyl (C=O) groups is 1. The van der Waals surface area contributed by atoms with Crippen LogP contribution in [0.4, 0.5) is 0 Å². The molecule has 94 valence electrons. The van der Waals surface area contributed by atoms with Crippen LogP contribution in [0.1, 0.15) is 37.0 Å². The third-order valence-corrected chi connectivity index (χ3v) is 3.24. The summed E-state index contributed by atoms with van der Waals surface area (Å²) in [5.41, 5.74) is 1.36. The first-order valence-corrected chi connectivity index (χ1v) is 5.79. The van der Waals surface area contributed by atoms with Gasteiger partial charge in [-0.15, -0.1) is 0 Å². The summed E-state index contributed by atoms with van der Waals surface area (Å²) < 4.78 is 0. The lowest BCUT2D eigenvalue weighted by Gasteiger charge is -2.33. The highest BCUT2D eigenvalue weighted by molar-refractivity contribution is 5.69. The summed E-state index contributed by atoms with van der Waals surface area (Å²) in [7, 11) is 0. The summed E-state index contributed by atoms with van der Waals surface area (Å²) >= 11 is 0. The third kappa shape index (κ3) is 2.86. The van der Waals surface area contributed by atoms with Crippen LogP contribution in [0.2, 0.25) is 0 Å². The normalized spacial score (nSPS) is 14.7. The molecule has 3 nitrogen and oxygen atoms in total. The highest BCUT2D eigenvalue weighted by Gasteiger charge is 2.36. The molecule has 3 heteroatoms. The summed E-state index contributed by atoms with van der Waals surface area (Å²) in [6.45, 7) is 7.50. The molecule has 0 heterocycles. The topological polar surface area (TPSA) is 57.5 Å². The molecule has 1 atom stereocenters. The van der Waals surface area contributed by atoms with Gasteiger partial charge in [-0.1, -0.05) is 37.6 Å². The van der Waals surface area contributed by atoms with E-state index in [1.807, 2.05) is 45.9 Å². The Balaban J connectivity index is 3.31. The molecule has 0 aromatic heterocycles. The van der Waals surface area contributed by atoms with Crippen LogP contribution in [0.5, 0.6) is 0 Å². The molecule has 0 spiro atoms. The van der Waals surface area contributed by atoms with Gasteiger partial charge in [0, 0.05) is 0 Å². The standard InChI is InChI=1S/C14H20O3/c1-9(2)14(17,8-13(15)16)12-7-10(3)5-6-11(12)4/h5-7,9,17H,8H2,1-4H3,(H,15,16). The zero-order chi connectivity index (χ0) is 13.2. The minimum atomic E-state index is -1.30. The average molecular weight is 236 g/mol. The third-order valence-electron chi connectivity index (χ3n) is 3.24. The molecule has 1 unspecified atom stereocenters. The van der Waals surface area contributed by atoms with Crippen LogP contribution >= 0.6 is 0 Å². The Labute approximate surface area is 102 Å². The number of carboxylic acids is 1. The number of hydrogen-bond acceptors (Lipinski definition) is 2. The first-order chi connectivity index (χ1) is 7.77. The second kappa shape index (κ2) is 4.88. The van der Waals surface area contributed by atoms with Crippen LogP contribution in [-0.2, 0) is 10.4 Å². The molecule has 0 fully saturated rings. The van der Waals surface area contributed by atoms with Crippen molar-refractivity contribution in [1.29, 1.82) is 0 Å². The molecule has 0 amide bonds. The Kier molecular flexibility index (Phi) is 3.94. The Morgan fingerprint density at radius 1 is 1.35 bits per heavy atom. The fourth-order valence-electron chi connectivity index (χ4n) is 2.04. The van der Waals surface area contributed by atoms with E-state index in [1.54, 1.807) is 0 Å². The Morgan fingerprint density at radius 3 is 2.41 bits per heavy atom. The summed E-state index contributed by atoms with van der Waals surface area (Å²) in [6, 6.07) is 5.75. The lowest BCUT2D eigenvalue weighted by molar-refractivity contribution is -0.145. The first kappa shape index (κ1) is 13.7. The van der Waals surface area contributed by atoms with E-state index in [9.17, 15) is 9.90 Å². The van der Waals surface area contributed by atoms with E-state index in [0.717, 1.165) is 16.7 Å². The summed E-state index contributed by atoms with van der Waals surface area (Å²) in [4.78, 5) is 10.9. The molecular weight excluding hydrogens is 216 g/mol. The molecule has 0 bridgehead atoms. The maximum absolute atomic E-state index is 10.9. The molecule has 0 radical (unpaired) electrons. The number of benzene rings is 1. The van der Waals surface area contributed by atoms with Gasteiger partial charge in [0.15, 0.2) is 0 Å². The van der Waals surface area contributed by atoms with Gasteiger partial charge in [-0.2, -0.15) is 0 Å². The van der Waals surface area contributed by atoms with E-state index in [4.69, 9.17) is 5.11 Å². The van der Waals surface area contributed by atoms with E-state index < -0.39 is 11.6 Å². The maximum atomic E-state index is 10.9. The van der Waals surface area contributed by atoms with Gasteiger partial charge in [0.1, 0.15) is 5.60 Å². The van der Waals surface area contributed by atoms with Crippen LogP contribution in [-0.4, -0.2) is 16.2 Å². The molecule has 0 saturated carbocycles. The van der Waals surface area contributed by atoms with E-state index in [2.05, 4.69) is 0 Å². The van der Waals surface area contributed by atoms with Gasteiger partial charge >= 0.3 is 5.97 Å². The van der Waals surface area contributed by atoms with Gasteiger partial charge in [-0.05, 0) is 30.9 Å². The highest BCUT2D eigenvalue weighted by Crippen LogP contribution is 2.35. The van der Waals surface area contributed by atoms with Crippen LogP contribution in [0.3, 0.4) is 0 Å². The van der Waals surface area contributed by atoms with Crippen molar-refractivity contribution in [3.63, 3.8) is 0 Å². The number of carboxylic acid groups (broad SMARTS) is 1. The smallest absolute Gasteiger partial charge is 0.306 e. The number of aliphatic carboxylic acids is 1. The van der Waals surface area contributed by atoms with Crippen molar-refractivity contribution in [2.24, 2.45) is 5.92 Å². The SMILES string of the molecule is Cc1ccc(C)c(C(O)(CC(=O)O)C(C)C)c1. The molecule has 0 aliphatic rings. The Morgan fingerprint density at radius 2 is 1.94 bits per heavy atom. The maximum Gasteiger partial charge on any atom is 0.306 e. The average Bonchev–Trinajstić information content (AvgIpc) is 2.20. The molecular formula is C14H20O3. The van der Waals surface area contributed by atoms with Gasteiger partial charge in [-0.3, -0.25) is 4.79 Å². The Bertz CT molecular complexity index is 423. The van der Waals surface area contributed by atoms with Gasteiger partial charge in [0.05, 0.1) is 6.42 Å². The van der Waals surface area contributed by atoms with Crippen LogP contribution in [0.15, 0.2) is 18.2 Å². The lowest BCUT2D eigenvalue weighted by atomic mass is 9.78. The fraction of sp³-hybridized carbons (Fsp3) is 0.500. The Hall–Kier alpha value is -1.35. The van der Waals surface area contributed by atoms with E-state index in [0.29, 0.717) is 0 Å². The van der Waals surface area contributed by atoms with Gasteiger partial charge in [0.25, 0.3) is 0 Å². The van der Waals surface area contributed by atoms with E-state index >= 15 is 0 Å². The number of aryl methyl sites for hydroxylation is 2. The predicted molar refractivity (Wildman–Crippen MR) is 66.9 cm³/mol. The number of hydrogen-bond donors (Lipinski definition) is 2. The van der Waals surface area contributed by atoms with Crippen molar-refractivity contribution < 1.29 is 15.0 Å². The predicted octanol–water partition coefficient (Wildman–Crippen LogP) is 2.62. The molecule has 2 N–H and O–H groups in total. The van der Waals surface area contributed by atoms with Crippen molar-refractivity contribution in [2.45, 2.75) is 39.7 Å². The molecule has 1 aromatic rings. The van der Waals surface area contributed by atoms with Crippen molar-refractivity contribution in [1.82, 2.24) is 0 Å². The largest absolute Gasteiger partial charge is 0.481 e. The van der Waals surface area contributed by atoms with Crippen molar-refractivity contribution in [3.05, 3.63) is 34.9 Å². The van der Waals surface area contributed by atoms with Gasteiger partial charge < -0.3 is 10.2 Å². The monoisotopic (exact) mass is 236 g/mol. The van der Waals surface area contributed by atoms with Crippen LogP contribution < -0.4 is 0 Å². The molecule has 1 rings (SSSR count). The number of aliphatic hydroxyl groups is 1.